The van der Waals surface area contributed by atoms with Crippen molar-refractivity contribution in [3.05, 3.63) is 82.8 Å². The van der Waals surface area contributed by atoms with E-state index in [1.165, 1.54) is 17.1 Å². The number of aromatic nitrogens is 2. The molecule has 9 nitrogen and oxygen atoms in total. The van der Waals surface area contributed by atoms with Crippen LogP contribution in [0.2, 0.25) is 0 Å². The summed E-state index contributed by atoms with van der Waals surface area (Å²) in [4.78, 5) is 25.6. The van der Waals surface area contributed by atoms with E-state index >= 15 is 0 Å². The minimum Gasteiger partial charge on any atom is -0.494 e. The Kier molecular flexibility index (Phi) is 8.61. The Hall–Kier alpha value is -3.88. The number of benzene rings is 2. The predicted molar refractivity (Wildman–Crippen MR) is 118 cm³/mol. The van der Waals surface area contributed by atoms with Crippen LogP contribution in [0.4, 0.5) is 5.82 Å². The van der Waals surface area contributed by atoms with Gasteiger partial charge in [-0.2, -0.15) is 0 Å². The number of nitrogens with zero attached hydrogens (tertiary/aromatic N) is 3. The minimum atomic E-state index is -0.563. The van der Waals surface area contributed by atoms with Crippen LogP contribution >= 0.6 is 0 Å². The highest BCUT2D eigenvalue weighted by Gasteiger charge is 2.10. The first-order valence-electron chi connectivity index (χ1n) is 10.4. The fourth-order valence-electron chi connectivity index (χ4n) is 2.90. The van der Waals surface area contributed by atoms with Gasteiger partial charge in [-0.05, 0) is 52.6 Å². The fraction of sp³-hybridized carbons (Fsp3) is 0.304. The quantitative estimate of drug-likeness (QED) is 0.247. The number of imidazole rings is 1. The number of rotatable bonds is 13. The van der Waals surface area contributed by atoms with Crippen molar-refractivity contribution in [1.82, 2.24) is 14.9 Å². The molecule has 0 fully saturated rings. The molecule has 168 valence electrons. The van der Waals surface area contributed by atoms with Crippen LogP contribution in [0.15, 0.2) is 67.1 Å². The van der Waals surface area contributed by atoms with E-state index in [0.29, 0.717) is 26.3 Å². The van der Waals surface area contributed by atoms with Crippen LogP contribution in [0.25, 0.3) is 0 Å². The van der Waals surface area contributed by atoms with Crippen LogP contribution in [0.1, 0.15) is 24.8 Å². The van der Waals surface area contributed by atoms with Crippen LogP contribution < -0.4 is 14.8 Å². The summed E-state index contributed by atoms with van der Waals surface area (Å²) in [6, 6.07) is 17.5. The highest BCUT2D eigenvalue weighted by atomic mass is 16.6. The van der Waals surface area contributed by atoms with Gasteiger partial charge in [-0.3, -0.25) is 4.79 Å². The normalized spacial score (nSPS) is 10.5. The van der Waals surface area contributed by atoms with Gasteiger partial charge in [0.15, 0.2) is 0 Å². The molecule has 3 rings (SSSR count). The monoisotopic (exact) mass is 438 g/mol. The zero-order valence-corrected chi connectivity index (χ0v) is 17.7. The topological polar surface area (TPSA) is 109 Å². The highest BCUT2D eigenvalue weighted by Crippen LogP contribution is 2.19. The predicted octanol–water partition coefficient (Wildman–Crippen LogP) is 3.74. The summed E-state index contributed by atoms with van der Waals surface area (Å²) >= 11 is 0. The SMILES string of the molecule is O=C(CCn1cnc([N+](=O)[O-])c1)NCCCCOc1ccc(OCc2ccccc2)cc1. The lowest BCUT2D eigenvalue weighted by atomic mass is 10.2. The van der Waals surface area contributed by atoms with Gasteiger partial charge in [0.05, 0.1) is 6.61 Å². The molecule has 2 aromatic carbocycles. The molecular weight excluding hydrogens is 412 g/mol. The van der Waals surface area contributed by atoms with Crippen molar-refractivity contribution in [3.8, 4) is 11.5 Å². The van der Waals surface area contributed by atoms with Gasteiger partial charge in [0, 0.05) is 19.5 Å². The van der Waals surface area contributed by atoms with Gasteiger partial charge in [-0.25, -0.2) is 0 Å². The van der Waals surface area contributed by atoms with Gasteiger partial charge in [0.1, 0.15) is 24.3 Å². The zero-order valence-electron chi connectivity index (χ0n) is 17.7. The van der Waals surface area contributed by atoms with Gasteiger partial charge >= 0.3 is 5.82 Å². The third kappa shape index (κ3) is 7.75. The summed E-state index contributed by atoms with van der Waals surface area (Å²) in [6.45, 7) is 1.98. The minimum absolute atomic E-state index is 0.103. The maximum Gasteiger partial charge on any atom is 0.381 e. The number of hydrogen-bond donors (Lipinski definition) is 1. The third-order valence-electron chi connectivity index (χ3n) is 4.64. The van der Waals surface area contributed by atoms with Gasteiger partial charge < -0.3 is 29.5 Å². The summed E-state index contributed by atoms with van der Waals surface area (Å²) in [5, 5.41) is 13.4. The fourth-order valence-corrected chi connectivity index (χ4v) is 2.90. The Balaban J connectivity index is 1.23. The lowest BCUT2D eigenvalue weighted by Gasteiger charge is -2.09. The molecule has 0 aliphatic rings. The number of unbranched alkanes of at least 4 members (excludes halogenated alkanes) is 1. The molecule has 0 unspecified atom stereocenters. The molecule has 0 aliphatic heterocycles. The van der Waals surface area contributed by atoms with E-state index in [2.05, 4.69) is 10.3 Å². The molecule has 1 heterocycles. The molecule has 0 saturated carbocycles. The van der Waals surface area contributed by atoms with Crippen molar-refractivity contribution >= 4 is 11.7 Å². The number of carbonyl (C=O) groups excluding carboxylic acids is 1. The number of nitro groups is 1. The Morgan fingerprint density at radius 3 is 2.44 bits per heavy atom. The summed E-state index contributed by atoms with van der Waals surface area (Å²) in [5.41, 5.74) is 1.12. The van der Waals surface area contributed by atoms with Crippen molar-refractivity contribution in [2.24, 2.45) is 0 Å². The van der Waals surface area contributed by atoms with E-state index < -0.39 is 4.92 Å². The van der Waals surface area contributed by atoms with Crippen LogP contribution in [-0.4, -0.2) is 33.5 Å². The van der Waals surface area contributed by atoms with E-state index in [1.54, 1.807) is 0 Å². The summed E-state index contributed by atoms with van der Waals surface area (Å²) in [6.07, 6.45) is 4.50. The lowest BCUT2D eigenvalue weighted by molar-refractivity contribution is -0.389. The van der Waals surface area contributed by atoms with Crippen LogP contribution in [0, 0.1) is 10.1 Å². The Morgan fingerprint density at radius 1 is 1.03 bits per heavy atom. The third-order valence-corrected chi connectivity index (χ3v) is 4.64. The van der Waals surface area contributed by atoms with Crippen molar-refractivity contribution in [3.63, 3.8) is 0 Å². The van der Waals surface area contributed by atoms with E-state index in [-0.39, 0.29) is 18.1 Å². The molecule has 9 heteroatoms. The second-order valence-electron chi connectivity index (χ2n) is 7.13. The first-order chi connectivity index (χ1) is 15.6. The molecule has 0 saturated heterocycles. The average molecular weight is 438 g/mol. The molecule has 1 amide bonds. The Labute approximate surface area is 186 Å². The van der Waals surface area contributed by atoms with Crippen LogP contribution in [0.3, 0.4) is 0 Å². The van der Waals surface area contributed by atoms with Gasteiger partial charge in [-0.15, -0.1) is 0 Å². The van der Waals surface area contributed by atoms with E-state index in [0.717, 1.165) is 29.9 Å². The molecule has 1 N–H and O–H groups in total. The largest absolute Gasteiger partial charge is 0.494 e. The lowest BCUT2D eigenvalue weighted by Crippen LogP contribution is -2.25. The van der Waals surface area contributed by atoms with Crippen molar-refractivity contribution in [1.29, 1.82) is 0 Å². The van der Waals surface area contributed by atoms with E-state index in [9.17, 15) is 14.9 Å². The van der Waals surface area contributed by atoms with E-state index in [4.69, 9.17) is 9.47 Å². The van der Waals surface area contributed by atoms with Gasteiger partial charge in [0.25, 0.3) is 0 Å². The highest BCUT2D eigenvalue weighted by molar-refractivity contribution is 5.75. The van der Waals surface area contributed by atoms with Crippen LogP contribution in [-0.2, 0) is 17.9 Å². The molecule has 1 aromatic heterocycles. The smallest absolute Gasteiger partial charge is 0.381 e. The molecule has 0 atom stereocenters. The number of carbonyl (C=O) groups is 1. The van der Waals surface area contributed by atoms with Gasteiger partial charge in [-0.1, -0.05) is 30.3 Å². The Morgan fingerprint density at radius 2 is 1.75 bits per heavy atom. The zero-order chi connectivity index (χ0) is 22.6. The van der Waals surface area contributed by atoms with Crippen LogP contribution in [0.5, 0.6) is 11.5 Å². The van der Waals surface area contributed by atoms with Gasteiger partial charge in [0.2, 0.25) is 12.2 Å². The summed E-state index contributed by atoms with van der Waals surface area (Å²) in [7, 11) is 0. The molecule has 32 heavy (non-hydrogen) atoms. The van der Waals surface area contributed by atoms with E-state index in [1.807, 2.05) is 54.6 Å². The number of amides is 1. The van der Waals surface area contributed by atoms with Crippen molar-refractivity contribution in [2.45, 2.75) is 32.4 Å². The first kappa shape index (κ1) is 22.8. The maximum absolute atomic E-state index is 11.9. The first-order valence-corrected chi connectivity index (χ1v) is 10.4. The molecule has 3 aromatic rings. The maximum atomic E-state index is 11.9. The second-order valence-corrected chi connectivity index (χ2v) is 7.13. The average Bonchev–Trinajstić information content (AvgIpc) is 3.30. The molecule has 0 aliphatic carbocycles. The van der Waals surface area contributed by atoms with Crippen molar-refractivity contribution in [2.75, 3.05) is 13.2 Å². The standard InChI is InChI=1S/C23H26N4O5/c28-23(12-14-26-16-22(25-18-26)27(29)30)24-13-4-5-15-31-20-8-10-21(11-9-20)32-17-19-6-2-1-3-7-19/h1-3,6-11,16,18H,4-5,12-15,17H2,(H,24,28). The molecule has 0 spiro atoms. The van der Waals surface area contributed by atoms with Crippen molar-refractivity contribution < 1.29 is 19.2 Å². The molecule has 0 radical (unpaired) electrons. The number of ether oxygens (including phenoxy) is 2. The summed E-state index contributed by atoms with van der Waals surface area (Å²) in [5.74, 6) is 1.23. The number of aryl methyl sites for hydroxylation is 1. The second kappa shape index (κ2) is 12.1. The molecular formula is C23H26N4O5. The Bertz CT molecular complexity index is 989. The summed E-state index contributed by atoms with van der Waals surface area (Å²) < 4.78 is 13.0. The number of hydrogen-bond acceptors (Lipinski definition) is 6. The number of nitrogens with one attached hydrogen (secondary N) is 1. The molecule has 0 bridgehead atoms.